The van der Waals surface area contributed by atoms with Crippen molar-refractivity contribution in [1.29, 1.82) is 0 Å². The van der Waals surface area contributed by atoms with Crippen LogP contribution in [0.15, 0.2) is 23.1 Å². The highest BCUT2D eigenvalue weighted by atomic mass is 32.2. The van der Waals surface area contributed by atoms with Crippen LogP contribution in [0.1, 0.15) is 25.7 Å². The van der Waals surface area contributed by atoms with Crippen molar-refractivity contribution in [2.24, 2.45) is 5.92 Å². The number of nitrogens with zero attached hydrogens (tertiary/aromatic N) is 2. The zero-order chi connectivity index (χ0) is 22.1. The zero-order valence-corrected chi connectivity index (χ0v) is 18.2. The summed E-state index contributed by atoms with van der Waals surface area (Å²) in [5.41, 5.74) is 0. The summed E-state index contributed by atoms with van der Waals surface area (Å²) in [5, 5.41) is 2.89. The van der Waals surface area contributed by atoms with Crippen LogP contribution in [-0.4, -0.2) is 69.8 Å². The molecular weight excluding hydrogens is 440 g/mol. The molecule has 168 valence electrons. The first-order valence-electron chi connectivity index (χ1n) is 9.69. The molecule has 0 aromatic heterocycles. The molecule has 30 heavy (non-hydrogen) atoms. The number of halogens is 2. The molecule has 2 heterocycles. The topological polar surface area (TPSA) is 104 Å². The van der Waals surface area contributed by atoms with Crippen LogP contribution in [-0.2, 0) is 24.8 Å². The van der Waals surface area contributed by atoms with E-state index in [-0.39, 0.29) is 49.3 Å². The van der Waals surface area contributed by atoms with E-state index in [9.17, 15) is 30.4 Å². The van der Waals surface area contributed by atoms with Crippen molar-refractivity contribution in [2.75, 3.05) is 32.4 Å². The molecule has 2 saturated heterocycles. The molecule has 0 bridgehead atoms. The Morgan fingerprint density at radius 1 is 1.00 bits per heavy atom. The molecule has 2 fully saturated rings. The van der Waals surface area contributed by atoms with Gasteiger partial charge in [-0.15, -0.1) is 0 Å². The third-order valence-electron chi connectivity index (χ3n) is 5.55. The second-order valence-electron chi connectivity index (χ2n) is 7.72. The van der Waals surface area contributed by atoms with Crippen LogP contribution in [0.25, 0.3) is 0 Å². The lowest BCUT2D eigenvalue weighted by Gasteiger charge is -2.34. The van der Waals surface area contributed by atoms with Gasteiger partial charge in [0.05, 0.1) is 11.2 Å². The van der Waals surface area contributed by atoms with Crippen molar-refractivity contribution in [3.63, 3.8) is 0 Å². The van der Waals surface area contributed by atoms with Crippen molar-refractivity contribution in [2.45, 2.75) is 36.6 Å². The van der Waals surface area contributed by atoms with Crippen LogP contribution in [0.2, 0.25) is 0 Å². The SMILES string of the molecule is CS(=O)(=O)N1CCCC(NC(=O)C2CCN(S(=O)(=O)c3ccc(F)c(F)c3)CC2)C1. The largest absolute Gasteiger partial charge is 0.352 e. The van der Waals surface area contributed by atoms with Crippen LogP contribution >= 0.6 is 0 Å². The standard InChI is InChI=1S/C18H25F2N3O5S2/c1-29(25,26)23-8-2-3-14(12-23)21-18(24)13-6-9-22(10-7-13)30(27,28)15-4-5-16(19)17(20)11-15/h4-5,11,13-14H,2-3,6-10,12H2,1H3,(H,21,24). The second-order valence-corrected chi connectivity index (χ2v) is 11.6. The number of hydrogen-bond donors (Lipinski definition) is 1. The molecule has 0 aliphatic carbocycles. The minimum atomic E-state index is -3.98. The van der Waals surface area contributed by atoms with Gasteiger partial charge in [0.25, 0.3) is 0 Å². The molecule has 1 N–H and O–H groups in total. The van der Waals surface area contributed by atoms with E-state index in [2.05, 4.69) is 5.32 Å². The van der Waals surface area contributed by atoms with Gasteiger partial charge in [-0.05, 0) is 43.9 Å². The predicted molar refractivity (Wildman–Crippen MR) is 105 cm³/mol. The second kappa shape index (κ2) is 8.85. The molecule has 8 nitrogen and oxygen atoms in total. The van der Waals surface area contributed by atoms with Crippen molar-refractivity contribution >= 4 is 26.0 Å². The third kappa shape index (κ3) is 5.16. The number of amides is 1. The maximum absolute atomic E-state index is 13.4. The number of rotatable bonds is 5. The van der Waals surface area contributed by atoms with E-state index in [4.69, 9.17) is 0 Å². The Kier molecular flexibility index (Phi) is 6.80. The monoisotopic (exact) mass is 465 g/mol. The Hall–Kier alpha value is -1.63. The number of carbonyl (C=O) groups is 1. The highest BCUT2D eigenvalue weighted by Gasteiger charge is 2.34. The number of carbonyl (C=O) groups excluding carboxylic acids is 1. The van der Waals surface area contributed by atoms with Gasteiger partial charge in [-0.3, -0.25) is 4.79 Å². The van der Waals surface area contributed by atoms with E-state index in [1.165, 1.54) is 4.31 Å². The number of sulfonamides is 2. The fraction of sp³-hybridized carbons (Fsp3) is 0.611. The van der Waals surface area contributed by atoms with Gasteiger partial charge in [0.1, 0.15) is 0 Å². The number of hydrogen-bond acceptors (Lipinski definition) is 5. The maximum Gasteiger partial charge on any atom is 0.243 e. The first-order chi connectivity index (χ1) is 14.0. The van der Waals surface area contributed by atoms with E-state index in [0.29, 0.717) is 25.5 Å². The van der Waals surface area contributed by atoms with Crippen molar-refractivity contribution in [1.82, 2.24) is 13.9 Å². The number of piperidine rings is 2. The van der Waals surface area contributed by atoms with Gasteiger partial charge in [-0.2, -0.15) is 4.31 Å². The Labute approximate surface area is 175 Å². The van der Waals surface area contributed by atoms with Crippen molar-refractivity contribution in [3.05, 3.63) is 29.8 Å². The van der Waals surface area contributed by atoms with E-state index in [0.717, 1.165) is 22.7 Å². The smallest absolute Gasteiger partial charge is 0.243 e. The van der Waals surface area contributed by atoms with Crippen LogP contribution in [0.4, 0.5) is 8.78 Å². The van der Waals surface area contributed by atoms with Gasteiger partial charge in [-0.25, -0.2) is 29.9 Å². The highest BCUT2D eigenvalue weighted by Crippen LogP contribution is 2.25. The number of nitrogens with one attached hydrogen (secondary N) is 1. The molecule has 1 aromatic rings. The summed E-state index contributed by atoms with van der Waals surface area (Å²) in [7, 11) is -7.30. The molecule has 1 amide bonds. The Balaban J connectivity index is 1.57. The van der Waals surface area contributed by atoms with Crippen LogP contribution in [0.3, 0.4) is 0 Å². The molecule has 0 spiro atoms. The average molecular weight is 466 g/mol. The fourth-order valence-corrected chi connectivity index (χ4v) is 6.22. The van der Waals surface area contributed by atoms with E-state index in [1.807, 2.05) is 0 Å². The third-order valence-corrected chi connectivity index (χ3v) is 8.72. The lowest BCUT2D eigenvalue weighted by molar-refractivity contribution is -0.127. The van der Waals surface area contributed by atoms with E-state index >= 15 is 0 Å². The Morgan fingerprint density at radius 2 is 1.67 bits per heavy atom. The quantitative estimate of drug-likeness (QED) is 0.696. The maximum atomic E-state index is 13.4. The molecule has 12 heteroatoms. The first-order valence-corrected chi connectivity index (χ1v) is 13.0. The van der Waals surface area contributed by atoms with E-state index < -0.39 is 37.6 Å². The molecule has 1 unspecified atom stereocenters. The average Bonchev–Trinajstić information content (AvgIpc) is 2.69. The minimum Gasteiger partial charge on any atom is -0.352 e. The summed E-state index contributed by atoms with van der Waals surface area (Å²) in [6, 6.07) is 2.17. The highest BCUT2D eigenvalue weighted by molar-refractivity contribution is 7.89. The summed E-state index contributed by atoms with van der Waals surface area (Å²) in [5.74, 6) is -2.97. The van der Waals surface area contributed by atoms with Crippen LogP contribution in [0, 0.1) is 17.6 Å². The molecule has 1 aromatic carbocycles. The summed E-state index contributed by atoms with van der Waals surface area (Å²) in [6.07, 6.45) is 3.05. The summed E-state index contributed by atoms with van der Waals surface area (Å²) in [6.45, 7) is 0.832. The van der Waals surface area contributed by atoms with Gasteiger partial charge < -0.3 is 5.32 Å². The summed E-state index contributed by atoms with van der Waals surface area (Å²) in [4.78, 5) is 12.3. The lowest BCUT2D eigenvalue weighted by Crippen LogP contribution is -2.51. The van der Waals surface area contributed by atoms with Gasteiger partial charge >= 0.3 is 0 Å². The Bertz CT molecular complexity index is 1010. The Morgan fingerprint density at radius 3 is 2.27 bits per heavy atom. The minimum absolute atomic E-state index is 0.0829. The zero-order valence-electron chi connectivity index (χ0n) is 16.6. The van der Waals surface area contributed by atoms with Crippen molar-refractivity contribution < 1.29 is 30.4 Å². The van der Waals surface area contributed by atoms with Crippen molar-refractivity contribution in [3.8, 4) is 0 Å². The van der Waals surface area contributed by atoms with Gasteiger partial charge in [-0.1, -0.05) is 0 Å². The van der Waals surface area contributed by atoms with E-state index in [1.54, 1.807) is 0 Å². The normalized spacial score (nSPS) is 22.7. The van der Waals surface area contributed by atoms with Gasteiger partial charge in [0, 0.05) is 38.1 Å². The van der Waals surface area contributed by atoms with Gasteiger partial charge in [0.2, 0.25) is 26.0 Å². The molecule has 1 atom stereocenters. The van der Waals surface area contributed by atoms with Crippen LogP contribution < -0.4 is 5.32 Å². The summed E-state index contributed by atoms with van der Waals surface area (Å²) < 4.78 is 77.7. The first kappa shape index (κ1) is 23.0. The van der Waals surface area contributed by atoms with Crippen LogP contribution in [0.5, 0.6) is 0 Å². The lowest BCUT2D eigenvalue weighted by atomic mass is 9.96. The molecule has 3 rings (SSSR count). The molecule has 0 radical (unpaired) electrons. The molecule has 0 saturated carbocycles. The fourth-order valence-electron chi connectivity index (χ4n) is 3.83. The van der Waals surface area contributed by atoms with Gasteiger partial charge in [0.15, 0.2) is 11.6 Å². The predicted octanol–water partition coefficient (Wildman–Crippen LogP) is 0.906. The molecule has 2 aliphatic rings. The molecular formula is C18H25F2N3O5S2. The summed E-state index contributed by atoms with van der Waals surface area (Å²) >= 11 is 0. The number of benzene rings is 1. The molecule has 2 aliphatic heterocycles.